The zero-order valence-electron chi connectivity index (χ0n) is 21.0. The number of amides is 1. The molecule has 2 aliphatic rings. The van der Waals surface area contributed by atoms with Crippen molar-refractivity contribution >= 4 is 28.4 Å². The number of ether oxygens (including phenoxy) is 1. The van der Waals surface area contributed by atoms with Crippen molar-refractivity contribution in [2.45, 2.75) is 51.3 Å². The Morgan fingerprint density at radius 1 is 1.13 bits per heavy atom. The summed E-state index contributed by atoms with van der Waals surface area (Å²) >= 11 is 0. The van der Waals surface area contributed by atoms with Gasteiger partial charge in [0.2, 0.25) is 0 Å². The normalized spacial score (nSPS) is 17.3. The first kappa shape index (κ1) is 23.9. The Hall–Kier alpha value is -4.49. The summed E-state index contributed by atoms with van der Waals surface area (Å²) in [6, 6.07) is 12.9. The Bertz CT molecular complexity index is 1620. The zero-order valence-corrected chi connectivity index (χ0v) is 21.0. The molecule has 1 saturated carbocycles. The maximum Gasteiger partial charge on any atom is 0.251 e. The van der Waals surface area contributed by atoms with E-state index in [2.05, 4.69) is 21.6 Å². The number of benzene rings is 2. The fourth-order valence-electron chi connectivity index (χ4n) is 4.86. The molecular formula is C28H27N7O3. The molecule has 0 bridgehead atoms. The second kappa shape index (κ2) is 9.43. The second-order valence-electron chi connectivity index (χ2n) is 9.89. The highest BCUT2D eigenvalue weighted by Gasteiger charge is 2.26. The van der Waals surface area contributed by atoms with Crippen LogP contribution < -0.4 is 11.1 Å². The third kappa shape index (κ3) is 4.21. The Morgan fingerprint density at radius 3 is 2.68 bits per heavy atom. The molecule has 1 aliphatic heterocycles. The molecule has 1 atom stereocenters. The first-order chi connectivity index (χ1) is 18.4. The number of nitrogens with two attached hydrogens (primary N) is 1. The number of fused-ring (bicyclic) bond motifs is 1. The number of nitrogen functional groups attached to an aromatic ring is 1. The van der Waals surface area contributed by atoms with Crippen LogP contribution in [0.2, 0.25) is 0 Å². The maximum absolute atomic E-state index is 13.5. The summed E-state index contributed by atoms with van der Waals surface area (Å²) in [7, 11) is 0. The summed E-state index contributed by atoms with van der Waals surface area (Å²) in [5.74, 6) is -0.289. The molecule has 10 heteroatoms. The molecular weight excluding hydrogens is 482 g/mol. The van der Waals surface area contributed by atoms with E-state index in [0.29, 0.717) is 28.8 Å². The number of aryl methyl sites for hydroxylation is 1. The number of hydrogen-bond acceptors (Lipinski definition) is 7. The maximum atomic E-state index is 13.5. The molecule has 0 spiro atoms. The third-order valence-corrected chi connectivity index (χ3v) is 7.17. The van der Waals surface area contributed by atoms with E-state index < -0.39 is 0 Å². The SMILES string of the molecule is Cc1ccc(C(=O)NC2CC2)cc1-n1ncc(C(=O)c2ccc3c(c2)c(C#N)nn3C2CCCCO2)c1N. The number of nitrogens with one attached hydrogen (secondary N) is 1. The molecule has 2 aromatic heterocycles. The summed E-state index contributed by atoms with van der Waals surface area (Å²) in [6.45, 7) is 2.55. The Labute approximate surface area is 219 Å². The van der Waals surface area contributed by atoms with Crippen LogP contribution in [0.3, 0.4) is 0 Å². The molecule has 1 aliphatic carbocycles. The van der Waals surface area contributed by atoms with E-state index in [1.807, 2.05) is 13.0 Å². The molecule has 6 rings (SSSR count). The van der Waals surface area contributed by atoms with Gasteiger partial charge in [-0.15, -0.1) is 0 Å². The lowest BCUT2D eigenvalue weighted by molar-refractivity contribution is -0.0367. The summed E-state index contributed by atoms with van der Waals surface area (Å²) in [4.78, 5) is 26.1. The van der Waals surface area contributed by atoms with Crippen molar-refractivity contribution in [1.29, 1.82) is 5.26 Å². The van der Waals surface area contributed by atoms with Crippen molar-refractivity contribution in [3.05, 3.63) is 70.5 Å². The van der Waals surface area contributed by atoms with E-state index in [9.17, 15) is 14.9 Å². The number of hydrogen-bond donors (Lipinski definition) is 2. The van der Waals surface area contributed by atoms with Gasteiger partial charge in [0.05, 0.1) is 23.0 Å². The van der Waals surface area contributed by atoms with E-state index in [1.54, 1.807) is 35.0 Å². The fourth-order valence-corrected chi connectivity index (χ4v) is 4.86. The number of rotatable bonds is 6. The van der Waals surface area contributed by atoms with Crippen LogP contribution in [0.15, 0.2) is 42.6 Å². The molecule has 38 heavy (non-hydrogen) atoms. The van der Waals surface area contributed by atoms with Gasteiger partial charge in [-0.05, 0) is 74.9 Å². The summed E-state index contributed by atoms with van der Waals surface area (Å²) in [6.07, 6.45) is 6.06. The monoisotopic (exact) mass is 509 g/mol. The summed E-state index contributed by atoms with van der Waals surface area (Å²) in [5, 5.41) is 22.1. The van der Waals surface area contributed by atoms with E-state index in [1.165, 1.54) is 10.9 Å². The van der Waals surface area contributed by atoms with Gasteiger partial charge in [-0.1, -0.05) is 6.07 Å². The molecule has 4 aromatic rings. The predicted molar refractivity (Wildman–Crippen MR) is 140 cm³/mol. The van der Waals surface area contributed by atoms with E-state index in [-0.39, 0.29) is 41.0 Å². The van der Waals surface area contributed by atoms with Gasteiger partial charge in [-0.3, -0.25) is 9.59 Å². The first-order valence-corrected chi connectivity index (χ1v) is 12.8. The van der Waals surface area contributed by atoms with Gasteiger partial charge >= 0.3 is 0 Å². The van der Waals surface area contributed by atoms with Crippen molar-refractivity contribution in [2.24, 2.45) is 0 Å². The van der Waals surface area contributed by atoms with Crippen molar-refractivity contribution < 1.29 is 14.3 Å². The smallest absolute Gasteiger partial charge is 0.251 e. The quantitative estimate of drug-likeness (QED) is 0.377. The van der Waals surface area contributed by atoms with Gasteiger partial charge in [-0.25, -0.2) is 9.36 Å². The lowest BCUT2D eigenvalue weighted by atomic mass is 10.0. The second-order valence-corrected chi connectivity index (χ2v) is 9.89. The molecule has 3 heterocycles. The molecule has 0 radical (unpaired) electrons. The molecule has 1 amide bonds. The topological polar surface area (TPSA) is 141 Å². The standard InChI is InChI=1S/C28H27N7O3/c1-16-5-6-18(28(37)32-19-8-9-19)13-24(16)35-27(30)21(15-31-35)26(36)17-7-10-23-20(12-17)22(14-29)33-34(23)25-4-2-3-11-38-25/h5-7,10,12-13,15,19,25H,2-4,8-9,11,30H2,1H3,(H,32,37). The summed E-state index contributed by atoms with van der Waals surface area (Å²) < 4.78 is 9.08. The van der Waals surface area contributed by atoms with Gasteiger partial charge < -0.3 is 15.8 Å². The van der Waals surface area contributed by atoms with Gasteiger partial charge in [0.15, 0.2) is 17.7 Å². The number of nitriles is 1. The average Bonchev–Trinajstić information content (AvgIpc) is 3.56. The van der Waals surface area contributed by atoms with Crippen LogP contribution in [0.25, 0.3) is 16.6 Å². The van der Waals surface area contributed by atoms with Crippen LogP contribution in [0.4, 0.5) is 5.82 Å². The van der Waals surface area contributed by atoms with E-state index in [0.717, 1.165) is 43.2 Å². The molecule has 1 unspecified atom stereocenters. The van der Waals surface area contributed by atoms with Crippen LogP contribution >= 0.6 is 0 Å². The molecule has 1 saturated heterocycles. The zero-order chi connectivity index (χ0) is 26.4. The van der Waals surface area contributed by atoms with E-state index in [4.69, 9.17) is 10.5 Å². The first-order valence-electron chi connectivity index (χ1n) is 12.8. The highest BCUT2D eigenvalue weighted by Crippen LogP contribution is 2.30. The van der Waals surface area contributed by atoms with Crippen LogP contribution in [-0.2, 0) is 4.74 Å². The predicted octanol–water partition coefficient (Wildman–Crippen LogP) is 3.81. The Morgan fingerprint density at radius 2 is 1.95 bits per heavy atom. The number of carbonyl (C=O) groups excluding carboxylic acids is 2. The van der Waals surface area contributed by atoms with Crippen LogP contribution in [-0.4, -0.2) is 43.9 Å². The number of aromatic nitrogens is 4. The minimum atomic E-state index is -0.318. The van der Waals surface area contributed by atoms with Gasteiger partial charge in [0, 0.05) is 29.2 Å². The lowest BCUT2D eigenvalue weighted by Gasteiger charge is -2.23. The highest BCUT2D eigenvalue weighted by atomic mass is 16.5. The minimum absolute atomic E-state index is 0.142. The van der Waals surface area contributed by atoms with Crippen LogP contribution in [0.1, 0.15) is 75.9 Å². The molecule has 3 N–H and O–H groups in total. The van der Waals surface area contributed by atoms with Crippen molar-refractivity contribution in [3.63, 3.8) is 0 Å². The number of ketones is 1. The minimum Gasteiger partial charge on any atom is -0.383 e. The molecule has 2 aromatic carbocycles. The molecule has 2 fully saturated rings. The number of anilines is 1. The van der Waals surface area contributed by atoms with Crippen LogP contribution in [0, 0.1) is 18.3 Å². The van der Waals surface area contributed by atoms with Crippen molar-refractivity contribution in [1.82, 2.24) is 24.9 Å². The Balaban J connectivity index is 1.33. The lowest BCUT2D eigenvalue weighted by Crippen LogP contribution is -2.25. The summed E-state index contributed by atoms with van der Waals surface area (Å²) in [5.41, 5.74) is 10.0. The molecule has 10 nitrogen and oxygen atoms in total. The highest BCUT2D eigenvalue weighted by molar-refractivity contribution is 6.13. The van der Waals surface area contributed by atoms with Crippen molar-refractivity contribution in [2.75, 3.05) is 12.3 Å². The third-order valence-electron chi connectivity index (χ3n) is 7.17. The van der Waals surface area contributed by atoms with Gasteiger partial charge in [0.1, 0.15) is 11.9 Å². The number of carbonyl (C=O) groups is 2. The Kier molecular flexibility index (Phi) is 5.93. The molecule has 192 valence electrons. The van der Waals surface area contributed by atoms with Crippen molar-refractivity contribution in [3.8, 4) is 11.8 Å². The average molecular weight is 510 g/mol. The fraction of sp³-hybridized carbons (Fsp3) is 0.321. The van der Waals surface area contributed by atoms with Gasteiger partial charge in [0.25, 0.3) is 5.91 Å². The van der Waals surface area contributed by atoms with Crippen LogP contribution in [0.5, 0.6) is 0 Å². The number of nitrogens with zero attached hydrogens (tertiary/aromatic N) is 5. The largest absolute Gasteiger partial charge is 0.383 e. The van der Waals surface area contributed by atoms with Gasteiger partial charge in [-0.2, -0.15) is 15.5 Å². The van der Waals surface area contributed by atoms with E-state index >= 15 is 0 Å².